The van der Waals surface area contributed by atoms with Gasteiger partial charge in [0, 0.05) is 6.07 Å². The number of nitrogens with one attached hydrogen (secondary N) is 2. The van der Waals surface area contributed by atoms with Gasteiger partial charge in [0.15, 0.2) is 0 Å². The lowest BCUT2D eigenvalue weighted by molar-refractivity contribution is -0.114. The minimum Gasteiger partial charge on any atom is -0.497 e. The molecule has 0 aromatic heterocycles. The Morgan fingerprint density at radius 1 is 1.38 bits per heavy atom. The molecule has 1 heterocycles. The highest BCUT2D eigenvalue weighted by atomic mass is 16.5. The van der Waals surface area contributed by atoms with E-state index in [1.54, 1.807) is 7.11 Å². The third-order valence-corrected chi connectivity index (χ3v) is 1.94. The van der Waals surface area contributed by atoms with E-state index in [9.17, 15) is 4.79 Å². The number of hydrogen-bond acceptors (Lipinski definition) is 3. The van der Waals surface area contributed by atoms with Crippen LogP contribution in [0.2, 0.25) is 0 Å². The first-order valence-corrected chi connectivity index (χ1v) is 4.01. The van der Waals surface area contributed by atoms with Crippen LogP contribution < -0.4 is 15.4 Å². The van der Waals surface area contributed by atoms with E-state index in [1.165, 1.54) is 0 Å². The lowest BCUT2D eigenvalue weighted by Crippen LogP contribution is -2.27. The molecule has 1 aromatic carbocycles. The van der Waals surface area contributed by atoms with Crippen molar-refractivity contribution in [2.45, 2.75) is 0 Å². The molecule has 0 atom stereocenters. The minimum absolute atomic E-state index is 0.0160. The van der Waals surface area contributed by atoms with Crippen LogP contribution in [0.5, 0.6) is 5.75 Å². The van der Waals surface area contributed by atoms with Gasteiger partial charge in [0.2, 0.25) is 5.91 Å². The van der Waals surface area contributed by atoms with Crippen molar-refractivity contribution < 1.29 is 9.53 Å². The summed E-state index contributed by atoms with van der Waals surface area (Å²) in [4.78, 5) is 11.0. The number of fused-ring (bicyclic) bond motifs is 1. The lowest BCUT2D eigenvalue weighted by Gasteiger charge is -2.18. The van der Waals surface area contributed by atoms with Crippen LogP contribution in [-0.2, 0) is 4.79 Å². The van der Waals surface area contributed by atoms with Gasteiger partial charge >= 0.3 is 0 Å². The van der Waals surface area contributed by atoms with E-state index in [-0.39, 0.29) is 5.91 Å². The Hall–Kier alpha value is -1.71. The molecule has 2 N–H and O–H groups in total. The monoisotopic (exact) mass is 178 g/mol. The number of benzene rings is 1. The van der Waals surface area contributed by atoms with E-state index in [0.29, 0.717) is 6.54 Å². The molecule has 0 fully saturated rings. The maximum absolute atomic E-state index is 11.0. The van der Waals surface area contributed by atoms with Crippen molar-refractivity contribution in [3.63, 3.8) is 0 Å². The highest BCUT2D eigenvalue weighted by Gasteiger charge is 2.13. The van der Waals surface area contributed by atoms with Gasteiger partial charge in [-0.15, -0.1) is 0 Å². The number of rotatable bonds is 1. The van der Waals surface area contributed by atoms with Crippen LogP contribution >= 0.6 is 0 Å². The summed E-state index contributed by atoms with van der Waals surface area (Å²) in [5.41, 5.74) is 1.70. The molecule has 0 saturated heterocycles. The molecule has 68 valence electrons. The smallest absolute Gasteiger partial charge is 0.243 e. The molecule has 1 aromatic rings. The van der Waals surface area contributed by atoms with Crippen molar-refractivity contribution in [3.8, 4) is 5.75 Å². The number of carbonyl (C=O) groups is 1. The molecule has 0 unspecified atom stereocenters. The Morgan fingerprint density at radius 3 is 3.00 bits per heavy atom. The van der Waals surface area contributed by atoms with Crippen LogP contribution in [0.1, 0.15) is 0 Å². The van der Waals surface area contributed by atoms with E-state index in [0.717, 1.165) is 17.1 Å². The van der Waals surface area contributed by atoms with Crippen molar-refractivity contribution in [3.05, 3.63) is 18.2 Å². The standard InChI is InChI=1S/C9H10N2O2/c1-13-6-2-3-7-8(4-6)10-5-9(12)11-7/h2-4,10H,5H2,1H3,(H,11,12). The Kier molecular flexibility index (Phi) is 1.81. The third-order valence-electron chi connectivity index (χ3n) is 1.94. The largest absolute Gasteiger partial charge is 0.497 e. The second kappa shape index (κ2) is 2.97. The first-order chi connectivity index (χ1) is 6.29. The van der Waals surface area contributed by atoms with Gasteiger partial charge in [-0.1, -0.05) is 0 Å². The van der Waals surface area contributed by atoms with Crippen LogP contribution in [0.4, 0.5) is 11.4 Å². The molecular formula is C9H10N2O2. The number of methoxy groups -OCH3 is 1. The molecule has 4 heteroatoms. The van der Waals surface area contributed by atoms with Crippen LogP contribution in [-0.4, -0.2) is 19.6 Å². The molecule has 0 radical (unpaired) electrons. The van der Waals surface area contributed by atoms with Gasteiger partial charge in [0.25, 0.3) is 0 Å². The van der Waals surface area contributed by atoms with Crippen molar-refractivity contribution in [2.24, 2.45) is 0 Å². The molecule has 0 bridgehead atoms. The third kappa shape index (κ3) is 1.42. The van der Waals surface area contributed by atoms with E-state index in [2.05, 4.69) is 10.6 Å². The van der Waals surface area contributed by atoms with E-state index in [1.807, 2.05) is 18.2 Å². The fourth-order valence-electron chi connectivity index (χ4n) is 1.28. The quantitative estimate of drug-likeness (QED) is 0.676. The molecule has 13 heavy (non-hydrogen) atoms. The van der Waals surface area contributed by atoms with Crippen LogP contribution in [0, 0.1) is 0 Å². The Balaban J connectivity index is 2.36. The fraction of sp³-hybridized carbons (Fsp3) is 0.222. The van der Waals surface area contributed by atoms with Crippen LogP contribution in [0.3, 0.4) is 0 Å². The Bertz CT molecular complexity index is 349. The predicted octanol–water partition coefficient (Wildman–Crippen LogP) is 1.06. The number of anilines is 2. The van der Waals surface area contributed by atoms with Crippen molar-refractivity contribution >= 4 is 17.3 Å². The molecule has 0 spiro atoms. The van der Waals surface area contributed by atoms with Crippen LogP contribution in [0.15, 0.2) is 18.2 Å². The fourth-order valence-corrected chi connectivity index (χ4v) is 1.28. The average Bonchev–Trinajstić information content (AvgIpc) is 2.17. The minimum atomic E-state index is -0.0160. The van der Waals surface area contributed by atoms with Crippen molar-refractivity contribution in [2.75, 3.05) is 24.3 Å². The van der Waals surface area contributed by atoms with E-state index in [4.69, 9.17) is 4.74 Å². The molecule has 0 aliphatic carbocycles. The van der Waals surface area contributed by atoms with E-state index < -0.39 is 0 Å². The van der Waals surface area contributed by atoms with Gasteiger partial charge in [-0.25, -0.2) is 0 Å². The maximum atomic E-state index is 11.0. The van der Waals surface area contributed by atoms with Gasteiger partial charge in [0.1, 0.15) is 5.75 Å². The normalized spacial score (nSPS) is 14.1. The summed E-state index contributed by atoms with van der Waals surface area (Å²) in [5, 5.41) is 5.75. The van der Waals surface area contributed by atoms with Crippen LogP contribution in [0.25, 0.3) is 0 Å². The lowest BCUT2D eigenvalue weighted by atomic mass is 10.2. The number of ether oxygens (including phenoxy) is 1. The summed E-state index contributed by atoms with van der Waals surface area (Å²) >= 11 is 0. The molecule has 1 aliphatic rings. The molecular weight excluding hydrogens is 168 g/mol. The van der Waals surface area contributed by atoms with Gasteiger partial charge in [-0.2, -0.15) is 0 Å². The second-order valence-electron chi connectivity index (χ2n) is 2.81. The van der Waals surface area contributed by atoms with Crippen molar-refractivity contribution in [1.82, 2.24) is 0 Å². The zero-order chi connectivity index (χ0) is 9.26. The van der Waals surface area contributed by atoms with Gasteiger partial charge in [0.05, 0.1) is 25.0 Å². The summed E-state index contributed by atoms with van der Waals surface area (Å²) < 4.78 is 5.05. The van der Waals surface area contributed by atoms with Gasteiger partial charge in [-0.05, 0) is 12.1 Å². The second-order valence-corrected chi connectivity index (χ2v) is 2.81. The summed E-state index contributed by atoms with van der Waals surface area (Å²) in [6.07, 6.45) is 0. The summed E-state index contributed by atoms with van der Waals surface area (Å²) in [7, 11) is 1.61. The first kappa shape index (κ1) is 7.91. The SMILES string of the molecule is COc1ccc2c(c1)NCC(=O)N2. The summed E-state index contributed by atoms with van der Waals surface area (Å²) in [6, 6.07) is 5.49. The zero-order valence-electron chi connectivity index (χ0n) is 7.26. The predicted molar refractivity (Wildman–Crippen MR) is 50.1 cm³/mol. The Morgan fingerprint density at radius 2 is 2.23 bits per heavy atom. The summed E-state index contributed by atoms with van der Waals surface area (Å²) in [6.45, 7) is 0.320. The first-order valence-electron chi connectivity index (χ1n) is 4.01. The number of carbonyl (C=O) groups excluding carboxylic acids is 1. The number of hydrogen-bond donors (Lipinski definition) is 2. The molecule has 4 nitrogen and oxygen atoms in total. The molecule has 2 rings (SSSR count). The zero-order valence-corrected chi connectivity index (χ0v) is 7.26. The highest BCUT2D eigenvalue weighted by molar-refractivity contribution is 6.00. The topological polar surface area (TPSA) is 50.4 Å². The molecule has 1 aliphatic heterocycles. The van der Waals surface area contributed by atoms with E-state index >= 15 is 0 Å². The van der Waals surface area contributed by atoms with Crippen molar-refractivity contribution in [1.29, 1.82) is 0 Å². The summed E-state index contributed by atoms with van der Waals surface area (Å²) in [5.74, 6) is 0.764. The maximum Gasteiger partial charge on any atom is 0.243 e. The highest BCUT2D eigenvalue weighted by Crippen LogP contribution is 2.28. The molecule has 1 amide bonds. The Labute approximate surface area is 75.9 Å². The molecule has 0 saturated carbocycles. The van der Waals surface area contributed by atoms with Gasteiger partial charge < -0.3 is 15.4 Å². The average molecular weight is 178 g/mol. The van der Waals surface area contributed by atoms with Gasteiger partial charge in [-0.3, -0.25) is 4.79 Å². The number of amides is 1.